The normalized spacial score (nSPS) is 27.6. The fourth-order valence-corrected chi connectivity index (χ4v) is 3.60. The molecule has 2 rings (SSSR count). The number of nitrogens with one attached hydrogen (secondary N) is 1. The molecule has 1 saturated heterocycles. The highest BCUT2D eigenvalue weighted by atomic mass is 79.9. The average Bonchev–Trinajstić information content (AvgIpc) is 2.39. The van der Waals surface area contributed by atoms with Crippen LogP contribution in [-0.2, 0) is 0 Å². The molecule has 3 unspecified atom stereocenters. The Morgan fingerprint density at radius 2 is 2.11 bits per heavy atom. The van der Waals surface area contributed by atoms with E-state index in [9.17, 15) is 0 Å². The Kier molecular flexibility index (Phi) is 4.91. The first-order valence-corrected chi connectivity index (χ1v) is 8.10. The highest BCUT2D eigenvalue weighted by Crippen LogP contribution is 2.35. The first-order valence-electron chi connectivity index (χ1n) is 7.31. The molecule has 0 aliphatic carbocycles. The number of anilines is 1. The lowest BCUT2D eigenvalue weighted by atomic mass is 9.86. The molecule has 0 aromatic heterocycles. The van der Waals surface area contributed by atoms with Crippen molar-refractivity contribution in [2.45, 2.75) is 46.2 Å². The van der Waals surface area contributed by atoms with Crippen molar-refractivity contribution in [2.24, 2.45) is 5.92 Å². The second-order valence-electron chi connectivity index (χ2n) is 5.65. The molecule has 0 spiro atoms. The van der Waals surface area contributed by atoms with Gasteiger partial charge in [-0.2, -0.15) is 0 Å². The van der Waals surface area contributed by atoms with Crippen molar-refractivity contribution in [3.63, 3.8) is 0 Å². The molecule has 0 amide bonds. The Hall–Kier alpha value is -0.540. The van der Waals surface area contributed by atoms with Crippen molar-refractivity contribution in [3.05, 3.63) is 28.2 Å². The van der Waals surface area contributed by atoms with E-state index in [2.05, 4.69) is 72.0 Å². The summed E-state index contributed by atoms with van der Waals surface area (Å²) >= 11 is 3.75. The van der Waals surface area contributed by atoms with Crippen LogP contribution in [0.15, 0.2) is 22.7 Å². The van der Waals surface area contributed by atoms with Gasteiger partial charge in [0.15, 0.2) is 0 Å². The van der Waals surface area contributed by atoms with E-state index in [1.807, 2.05) is 0 Å². The largest absolute Gasteiger partial charge is 0.368 e. The van der Waals surface area contributed by atoms with E-state index in [0.717, 1.165) is 13.1 Å². The SMILES string of the molecule is CCNC1CCN(c2cccc(C)c2Br)C(C)C1C. The van der Waals surface area contributed by atoms with Gasteiger partial charge in [-0.25, -0.2) is 0 Å². The minimum Gasteiger partial charge on any atom is -0.368 e. The van der Waals surface area contributed by atoms with E-state index >= 15 is 0 Å². The van der Waals surface area contributed by atoms with Gasteiger partial charge in [0.25, 0.3) is 0 Å². The summed E-state index contributed by atoms with van der Waals surface area (Å²) in [4.78, 5) is 2.55. The van der Waals surface area contributed by atoms with Gasteiger partial charge in [-0.1, -0.05) is 26.0 Å². The van der Waals surface area contributed by atoms with E-state index in [-0.39, 0.29) is 0 Å². The molecule has 0 bridgehead atoms. The third kappa shape index (κ3) is 2.97. The predicted molar refractivity (Wildman–Crippen MR) is 86.9 cm³/mol. The van der Waals surface area contributed by atoms with Crippen molar-refractivity contribution < 1.29 is 0 Å². The minimum atomic E-state index is 0.566. The van der Waals surface area contributed by atoms with Crippen molar-refractivity contribution in [1.29, 1.82) is 0 Å². The van der Waals surface area contributed by atoms with Crippen LogP contribution in [0.5, 0.6) is 0 Å². The molecular weight excluding hydrogens is 300 g/mol. The summed E-state index contributed by atoms with van der Waals surface area (Å²) in [7, 11) is 0. The summed E-state index contributed by atoms with van der Waals surface area (Å²) in [6, 6.07) is 7.76. The Morgan fingerprint density at radius 1 is 1.37 bits per heavy atom. The molecule has 1 aliphatic heterocycles. The highest BCUT2D eigenvalue weighted by molar-refractivity contribution is 9.10. The molecular formula is C16H25BrN2. The molecule has 1 aromatic rings. The van der Waals surface area contributed by atoms with Crippen LogP contribution >= 0.6 is 15.9 Å². The summed E-state index contributed by atoms with van der Waals surface area (Å²) < 4.78 is 1.25. The number of hydrogen-bond donors (Lipinski definition) is 1. The van der Waals surface area contributed by atoms with Gasteiger partial charge < -0.3 is 10.2 Å². The maximum absolute atomic E-state index is 3.75. The fourth-order valence-electron chi connectivity index (χ4n) is 3.11. The monoisotopic (exact) mass is 324 g/mol. The lowest BCUT2D eigenvalue weighted by Gasteiger charge is -2.44. The van der Waals surface area contributed by atoms with Crippen LogP contribution < -0.4 is 10.2 Å². The van der Waals surface area contributed by atoms with Gasteiger partial charge in [-0.15, -0.1) is 0 Å². The third-order valence-electron chi connectivity index (χ3n) is 4.52. The zero-order valence-electron chi connectivity index (χ0n) is 12.4. The van der Waals surface area contributed by atoms with E-state index < -0.39 is 0 Å². The van der Waals surface area contributed by atoms with Crippen LogP contribution in [0.1, 0.15) is 32.8 Å². The molecule has 1 aliphatic rings. The second kappa shape index (κ2) is 6.27. The number of benzene rings is 1. The number of halogens is 1. The van der Waals surface area contributed by atoms with Gasteiger partial charge in [0.2, 0.25) is 0 Å². The van der Waals surface area contributed by atoms with E-state index in [1.165, 1.54) is 22.1 Å². The average molecular weight is 325 g/mol. The topological polar surface area (TPSA) is 15.3 Å². The lowest BCUT2D eigenvalue weighted by Crippen LogP contribution is -2.53. The Labute approximate surface area is 125 Å². The summed E-state index contributed by atoms with van der Waals surface area (Å²) in [6.45, 7) is 11.3. The number of rotatable bonds is 3. The molecule has 1 aromatic carbocycles. The van der Waals surface area contributed by atoms with Crippen LogP contribution in [-0.4, -0.2) is 25.2 Å². The molecule has 106 valence electrons. The maximum atomic E-state index is 3.75. The zero-order chi connectivity index (χ0) is 14.0. The van der Waals surface area contributed by atoms with Crippen molar-refractivity contribution in [1.82, 2.24) is 5.32 Å². The predicted octanol–water partition coefficient (Wildman–Crippen LogP) is 3.97. The molecule has 1 N–H and O–H groups in total. The van der Waals surface area contributed by atoms with Crippen LogP contribution in [0.3, 0.4) is 0 Å². The standard InChI is InChI=1S/C16H25BrN2/c1-5-18-14-9-10-19(13(4)12(14)3)15-8-6-7-11(2)16(15)17/h6-8,12-14,18H,5,9-10H2,1-4H3. The first kappa shape index (κ1) is 14.9. The van der Waals surface area contributed by atoms with Crippen LogP contribution in [0.4, 0.5) is 5.69 Å². The smallest absolute Gasteiger partial charge is 0.0515 e. The lowest BCUT2D eigenvalue weighted by molar-refractivity contribution is 0.274. The molecule has 3 atom stereocenters. The molecule has 19 heavy (non-hydrogen) atoms. The van der Waals surface area contributed by atoms with Crippen LogP contribution in [0, 0.1) is 12.8 Å². The van der Waals surface area contributed by atoms with Gasteiger partial charge in [-0.05, 0) is 60.3 Å². The molecule has 1 fully saturated rings. The molecule has 2 nitrogen and oxygen atoms in total. The zero-order valence-corrected chi connectivity index (χ0v) is 14.0. The van der Waals surface area contributed by atoms with Gasteiger partial charge in [0.1, 0.15) is 0 Å². The Morgan fingerprint density at radius 3 is 2.79 bits per heavy atom. The van der Waals surface area contributed by atoms with Crippen molar-refractivity contribution in [3.8, 4) is 0 Å². The first-order chi connectivity index (χ1) is 9.06. The summed E-state index contributed by atoms with van der Waals surface area (Å²) in [6.07, 6.45) is 1.22. The second-order valence-corrected chi connectivity index (χ2v) is 6.45. The molecule has 0 saturated carbocycles. The van der Waals surface area contributed by atoms with Crippen LogP contribution in [0.25, 0.3) is 0 Å². The number of aryl methyl sites for hydroxylation is 1. The Balaban J connectivity index is 2.21. The number of hydrogen-bond acceptors (Lipinski definition) is 2. The summed E-state index contributed by atoms with van der Waals surface area (Å²) in [5.74, 6) is 0.668. The Bertz CT molecular complexity index is 433. The molecule has 0 radical (unpaired) electrons. The van der Waals surface area contributed by atoms with Gasteiger partial charge in [0, 0.05) is 23.1 Å². The summed E-state index contributed by atoms with van der Waals surface area (Å²) in [5.41, 5.74) is 2.65. The highest BCUT2D eigenvalue weighted by Gasteiger charge is 2.32. The van der Waals surface area contributed by atoms with E-state index in [4.69, 9.17) is 0 Å². The minimum absolute atomic E-state index is 0.566. The van der Waals surface area contributed by atoms with E-state index in [1.54, 1.807) is 0 Å². The third-order valence-corrected chi connectivity index (χ3v) is 5.55. The van der Waals surface area contributed by atoms with Crippen molar-refractivity contribution in [2.75, 3.05) is 18.0 Å². The quantitative estimate of drug-likeness (QED) is 0.905. The van der Waals surface area contributed by atoms with Gasteiger partial charge >= 0.3 is 0 Å². The van der Waals surface area contributed by atoms with Crippen LogP contribution in [0.2, 0.25) is 0 Å². The fraction of sp³-hybridized carbons (Fsp3) is 0.625. The van der Waals surface area contributed by atoms with Crippen molar-refractivity contribution >= 4 is 21.6 Å². The maximum Gasteiger partial charge on any atom is 0.0515 e. The summed E-state index contributed by atoms with van der Waals surface area (Å²) in [5, 5.41) is 3.62. The van der Waals surface area contributed by atoms with E-state index in [0.29, 0.717) is 18.0 Å². The molecule has 1 heterocycles. The number of piperidine rings is 1. The van der Waals surface area contributed by atoms with Gasteiger partial charge in [-0.3, -0.25) is 0 Å². The number of nitrogens with zero attached hydrogens (tertiary/aromatic N) is 1. The van der Waals surface area contributed by atoms with Gasteiger partial charge in [0.05, 0.1) is 5.69 Å². The molecule has 3 heteroatoms.